The van der Waals surface area contributed by atoms with Gasteiger partial charge in [0.15, 0.2) is 5.82 Å². The minimum atomic E-state index is 0.722. The Labute approximate surface area is 289 Å². The van der Waals surface area contributed by atoms with E-state index < -0.39 is 0 Å². The first-order valence-electron chi connectivity index (χ1n) is 16.5. The molecule has 0 amide bonds. The van der Waals surface area contributed by atoms with Crippen molar-refractivity contribution < 1.29 is 0 Å². The summed E-state index contributed by atoms with van der Waals surface area (Å²) in [4.78, 5) is 10.3. The summed E-state index contributed by atoms with van der Waals surface area (Å²) in [6.07, 6.45) is 0. The molecule has 0 spiro atoms. The van der Waals surface area contributed by atoms with Crippen molar-refractivity contribution in [2.45, 2.75) is 0 Å². The van der Waals surface area contributed by atoms with Crippen LogP contribution in [0.2, 0.25) is 0 Å². The first kappa shape index (κ1) is 29.0. The van der Waals surface area contributed by atoms with Gasteiger partial charge in [-0.25, -0.2) is 9.97 Å². The average Bonchev–Trinajstić information content (AvgIpc) is 3.57. The first-order valence-corrected chi connectivity index (χ1v) is 17.3. The number of aromatic nitrogens is 2. The summed E-state index contributed by atoms with van der Waals surface area (Å²) >= 11 is 1.81. The highest BCUT2D eigenvalue weighted by atomic mass is 32.1. The Balaban J connectivity index is 1.10. The summed E-state index contributed by atoms with van der Waals surface area (Å²) < 4.78 is 2.53. The molecule has 0 aliphatic heterocycles. The Bertz CT molecular complexity index is 2550. The molecule has 0 bridgehead atoms. The molecule has 0 saturated heterocycles. The monoisotopic (exact) mass is 642 g/mol. The molecule has 49 heavy (non-hydrogen) atoms. The zero-order chi connectivity index (χ0) is 32.6. The van der Waals surface area contributed by atoms with Crippen LogP contribution >= 0.6 is 11.3 Å². The lowest BCUT2D eigenvalue weighted by atomic mass is 9.98. The molecule has 0 radical (unpaired) electrons. The standard InChI is InChI=1S/C46H30N2S/c1-3-9-31(10-4-1)33-15-17-35(18-16-33)36-21-25-38(26-22-36)43-30-42(37-23-19-34(20-24-37)32-11-5-2-6-12-32)47-46(48-43)39-27-28-41-40-13-7-8-14-44(40)49-45(41)29-39/h1-30H. The third kappa shape index (κ3) is 5.71. The van der Waals surface area contributed by atoms with Gasteiger partial charge in [-0.15, -0.1) is 11.3 Å². The maximum atomic E-state index is 5.17. The molecule has 2 heterocycles. The molecule has 230 valence electrons. The lowest BCUT2D eigenvalue weighted by molar-refractivity contribution is 1.18. The smallest absolute Gasteiger partial charge is 0.160 e. The average molecular weight is 643 g/mol. The van der Waals surface area contributed by atoms with Gasteiger partial charge in [0.05, 0.1) is 11.4 Å². The van der Waals surface area contributed by atoms with E-state index in [2.05, 4.69) is 176 Å². The van der Waals surface area contributed by atoms with E-state index in [9.17, 15) is 0 Å². The van der Waals surface area contributed by atoms with Gasteiger partial charge in [0.2, 0.25) is 0 Å². The summed E-state index contributed by atoms with van der Waals surface area (Å²) in [6.45, 7) is 0. The number of fused-ring (bicyclic) bond motifs is 3. The number of thiophene rings is 1. The number of hydrogen-bond donors (Lipinski definition) is 0. The Hall–Kier alpha value is -6.16. The van der Waals surface area contributed by atoms with Crippen molar-refractivity contribution in [2.24, 2.45) is 0 Å². The number of hydrogen-bond acceptors (Lipinski definition) is 3. The van der Waals surface area contributed by atoms with Gasteiger partial charge in [-0.2, -0.15) is 0 Å². The zero-order valence-electron chi connectivity index (χ0n) is 26.6. The van der Waals surface area contributed by atoms with Gasteiger partial charge in [0, 0.05) is 36.9 Å². The third-order valence-electron chi connectivity index (χ3n) is 9.16. The Kier molecular flexibility index (Phi) is 7.38. The molecule has 0 aliphatic carbocycles. The van der Waals surface area contributed by atoms with Gasteiger partial charge >= 0.3 is 0 Å². The fourth-order valence-corrected chi connectivity index (χ4v) is 7.67. The SMILES string of the molecule is c1ccc(-c2ccc(-c3ccc(-c4cc(-c5ccc(-c6ccccc6)cc5)nc(-c5ccc6c(c5)sc5ccccc56)n4)cc3)cc2)cc1. The van der Waals surface area contributed by atoms with E-state index in [1.54, 1.807) is 0 Å². The summed E-state index contributed by atoms with van der Waals surface area (Å²) in [5.41, 5.74) is 12.1. The zero-order valence-corrected chi connectivity index (χ0v) is 27.4. The molecular weight excluding hydrogens is 613 g/mol. The van der Waals surface area contributed by atoms with E-state index >= 15 is 0 Å². The maximum absolute atomic E-state index is 5.17. The first-order chi connectivity index (χ1) is 24.2. The van der Waals surface area contributed by atoms with Crippen LogP contribution in [0.1, 0.15) is 0 Å². The van der Waals surface area contributed by atoms with Crippen molar-refractivity contribution >= 4 is 31.5 Å². The lowest BCUT2D eigenvalue weighted by Crippen LogP contribution is -1.96. The second-order valence-corrected chi connectivity index (χ2v) is 13.3. The van der Waals surface area contributed by atoms with Crippen molar-refractivity contribution in [1.82, 2.24) is 9.97 Å². The van der Waals surface area contributed by atoms with E-state index in [-0.39, 0.29) is 0 Å². The second-order valence-electron chi connectivity index (χ2n) is 12.2. The van der Waals surface area contributed by atoms with Crippen LogP contribution in [0.4, 0.5) is 0 Å². The van der Waals surface area contributed by atoms with E-state index in [0.717, 1.165) is 33.9 Å². The molecule has 0 aliphatic rings. The lowest BCUT2D eigenvalue weighted by Gasteiger charge is -2.11. The molecule has 9 rings (SSSR count). The van der Waals surface area contributed by atoms with Crippen LogP contribution in [-0.2, 0) is 0 Å². The Morgan fingerprint density at radius 2 is 0.673 bits per heavy atom. The Morgan fingerprint density at radius 3 is 1.18 bits per heavy atom. The maximum Gasteiger partial charge on any atom is 0.160 e. The quantitative estimate of drug-likeness (QED) is 0.180. The fraction of sp³-hybridized carbons (Fsp3) is 0. The van der Waals surface area contributed by atoms with Crippen LogP contribution in [0.25, 0.3) is 87.5 Å². The van der Waals surface area contributed by atoms with Crippen molar-refractivity contribution in [3.05, 3.63) is 182 Å². The highest BCUT2D eigenvalue weighted by Gasteiger charge is 2.14. The van der Waals surface area contributed by atoms with Gasteiger partial charge < -0.3 is 0 Å². The Morgan fingerprint density at radius 1 is 0.286 bits per heavy atom. The number of rotatable bonds is 6. The van der Waals surface area contributed by atoms with Crippen molar-refractivity contribution in [1.29, 1.82) is 0 Å². The summed E-state index contributed by atoms with van der Waals surface area (Å²) in [7, 11) is 0. The predicted octanol–water partition coefficient (Wildman–Crippen LogP) is 12.8. The van der Waals surface area contributed by atoms with Gasteiger partial charge in [-0.1, -0.05) is 164 Å². The minimum Gasteiger partial charge on any atom is -0.228 e. The minimum absolute atomic E-state index is 0.722. The van der Waals surface area contributed by atoms with E-state index in [4.69, 9.17) is 9.97 Å². The van der Waals surface area contributed by atoms with Crippen LogP contribution in [0.5, 0.6) is 0 Å². The highest BCUT2D eigenvalue weighted by Crippen LogP contribution is 2.37. The second kappa shape index (κ2) is 12.5. The van der Waals surface area contributed by atoms with Crippen LogP contribution in [0.15, 0.2) is 182 Å². The largest absolute Gasteiger partial charge is 0.228 e. The van der Waals surface area contributed by atoms with Crippen molar-refractivity contribution in [2.75, 3.05) is 0 Å². The summed E-state index contributed by atoms with van der Waals surface area (Å²) in [5.74, 6) is 0.722. The molecule has 3 heteroatoms. The number of nitrogens with zero attached hydrogens (tertiary/aromatic N) is 2. The summed E-state index contributed by atoms with van der Waals surface area (Å²) in [6, 6.07) is 64.5. The third-order valence-corrected chi connectivity index (χ3v) is 10.3. The summed E-state index contributed by atoms with van der Waals surface area (Å²) in [5, 5.41) is 2.56. The molecular formula is C46H30N2S. The van der Waals surface area contributed by atoms with Crippen LogP contribution in [0.3, 0.4) is 0 Å². The van der Waals surface area contributed by atoms with E-state index in [0.29, 0.717) is 0 Å². The van der Waals surface area contributed by atoms with Crippen LogP contribution < -0.4 is 0 Å². The fourth-order valence-electron chi connectivity index (χ4n) is 6.52. The molecule has 0 unspecified atom stereocenters. The molecule has 7 aromatic carbocycles. The van der Waals surface area contributed by atoms with Gasteiger partial charge in [0.25, 0.3) is 0 Å². The molecule has 2 nitrogen and oxygen atoms in total. The molecule has 0 saturated carbocycles. The molecule has 9 aromatic rings. The van der Waals surface area contributed by atoms with E-state index in [1.165, 1.54) is 53.6 Å². The van der Waals surface area contributed by atoms with Gasteiger partial charge in [-0.3, -0.25) is 0 Å². The predicted molar refractivity (Wildman–Crippen MR) is 208 cm³/mol. The number of benzene rings is 7. The molecule has 2 aromatic heterocycles. The topological polar surface area (TPSA) is 25.8 Å². The molecule has 0 fully saturated rings. The van der Waals surface area contributed by atoms with Crippen LogP contribution in [0, 0.1) is 0 Å². The van der Waals surface area contributed by atoms with E-state index in [1.807, 2.05) is 17.4 Å². The molecule has 0 N–H and O–H groups in total. The van der Waals surface area contributed by atoms with Crippen molar-refractivity contribution in [3.8, 4) is 67.3 Å². The normalized spacial score (nSPS) is 11.3. The molecule has 0 atom stereocenters. The van der Waals surface area contributed by atoms with Crippen LogP contribution in [-0.4, -0.2) is 9.97 Å². The van der Waals surface area contributed by atoms with Crippen molar-refractivity contribution in [3.63, 3.8) is 0 Å². The van der Waals surface area contributed by atoms with Gasteiger partial charge in [-0.05, 0) is 51.6 Å². The highest BCUT2D eigenvalue weighted by molar-refractivity contribution is 7.25. The van der Waals surface area contributed by atoms with Gasteiger partial charge in [0.1, 0.15) is 0 Å².